The summed E-state index contributed by atoms with van der Waals surface area (Å²) < 4.78 is 0. The van der Waals surface area contributed by atoms with Crippen molar-refractivity contribution in [3.8, 4) is 0 Å². The number of hydrogen-bond acceptors (Lipinski definition) is 6. The topological polar surface area (TPSA) is 151 Å². The van der Waals surface area contributed by atoms with Gasteiger partial charge in [0.05, 0.1) is 6.04 Å². The summed E-state index contributed by atoms with van der Waals surface area (Å²) in [5.74, 6) is -2.81. The molecule has 0 radical (unpaired) electrons. The number of carboxylic acid groups (broad SMARTS) is 1. The Balaban J connectivity index is 2.87. The molecule has 1 aromatic carbocycles. The highest BCUT2D eigenvalue weighted by atomic mass is 32.1. The third-order valence-electron chi connectivity index (χ3n) is 4.53. The molecule has 0 heterocycles. The van der Waals surface area contributed by atoms with E-state index in [1.54, 1.807) is 24.3 Å². The maximum atomic E-state index is 12.7. The standard InChI is InChI=1S/C21H32N4O5S/c1-12(2)9-15(22)19(27)23-13(3)18(26)24-16(10-14-7-5-4-6-8-14)20(28)25-17(11-31)21(29)30/h4-8,12-13,15-17,31H,9-11,22H2,1-3H3,(H,23,27)(H,24,26)(H,25,28)(H,29,30). The molecule has 1 rings (SSSR count). The van der Waals surface area contributed by atoms with E-state index in [1.165, 1.54) is 6.92 Å². The smallest absolute Gasteiger partial charge is 0.327 e. The molecule has 0 aliphatic heterocycles. The Morgan fingerprint density at radius 3 is 2.03 bits per heavy atom. The molecule has 1 aromatic rings. The Morgan fingerprint density at radius 2 is 1.52 bits per heavy atom. The van der Waals surface area contributed by atoms with Gasteiger partial charge >= 0.3 is 5.97 Å². The number of thiol groups is 1. The average molecular weight is 453 g/mol. The van der Waals surface area contributed by atoms with Crippen LogP contribution in [0, 0.1) is 5.92 Å². The first-order valence-corrected chi connectivity index (χ1v) is 10.7. The van der Waals surface area contributed by atoms with Gasteiger partial charge in [-0.2, -0.15) is 12.6 Å². The highest BCUT2D eigenvalue weighted by molar-refractivity contribution is 7.80. The predicted octanol–water partition coefficient (Wildman–Crippen LogP) is 0.0912. The van der Waals surface area contributed by atoms with Gasteiger partial charge in [0.25, 0.3) is 0 Å². The fourth-order valence-corrected chi connectivity index (χ4v) is 3.06. The normalized spacial score (nSPS) is 14.8. The minimum atomic E-state index is -1.23. The molecule has 0 aliphatic rings. The molecule has 0 aliphatic carbocycles. The first-order chi connectivity index (χ1) is 14.5. The van der Waals surface area contributed by atoms with Gasteiger partial charge in [0.1, 0.15) is 18.1 Å². The summed E-state index contributed by atoms with van der Waals surface area (Å²) in [6.07, 6.45) is 0.615. The number of benzene rings is 1. The van der Waals surface area contributed by atoms with Crippen LogP contribution in [0.1, 0.15) is 32.8 Å². The molecule has 0 aromatic heterocycles. The first-order valence-electron chi connectivity index (χ1n) is 10.1. The Labute approximate surface area is 187 Å². The molecule has 0 fully saturated rings. The fourth-order valence-electron chi connectivity index (χ4n) is 2.81. The van der Waals surface area contributed by atoms with E-state index in [2.05, 4.69) is 28.6 Å². The van der Waals surface area contributed by atoms with Gasteiger partial charge in [-0.25, -0.2) is 4.79 Å². The number of carbonyl (C=O) groups excluding carboxylic acids is 3. The van der Waals surface area contributed by atoms with Crippen molar-refractivity contribution < 1.29 is 24.3 Å². The largest absolute Gasteiger partial charge is 0.480 e. The number of nitrogens with one attached hydrogen (secondary N) is 3. The number of carboxylic acids is 1. The van der Waals surface area contributed by atoms with Crippen LogP contribution in [-0.4, -0.2) is 58.7 Å². The molecule has 0 saturated heterocycles. The lowest BCUT2D eigenvalue weighted by Crippen LogP contribution is -2.57. The second-order valence-electron chi connectivity index (χ2n) is 7.80. The van der Waals surface area contributed by atoms with Crippen molar-refractivity contribution >= 4 is 36.3 Å². The lowest BCUT2D eigenvalue weighted by molar-refractivity contribution is -0.141. The first kappa shape index (κ1) is 26.4. The lowest BCUT2D eigenvalue weighted by atomic mass is 10.0. The van der Waals surface area contributed by atoms with Crippen LogP contribution in [0.25, 0.3) is 0 Å². The number of aliphatic carboxylic acids is 1. The van der Waals surface area contributed by atoms with Gasteiger partial charge in [0, 0.05) is 12.2 Å². The van der Waals surface area contributed by atoms with Crippen LogP contribution in [0.5, 0.6) is 0 Å². The summed E-state index contributed by atoms with van der Waals surface area (Å²) in [6.45, 7) is 5.36. The molecule has 4 unspecified atom stereocenters. The molecule has 0 bridgehead atoms. The maximum Gasteiger partial charge on any atom is 0.327 e. The van der Waals surface area contributed by atoms with Gasteiger partial charge in [-0.15, -0.1) is 0 Å². The van der Waals surface area contributed by atoms with Crippen molar-refractivity contribution in [2.24, 2.45) is 11.7 Å². The van der Waals surface area contributed by atoms with Gasteiger partial charge in [0.15, 0.2) is 0 Å². The van der Waals surface area contributed by atoms with E-state index in [-0.39, 0.29) is 18.1 Å². The van der Waals surface area contributed by atoms with Crippen molar-refractivity contribution in [1.29, 1.82) is 0 Å². The predicted molar refractivity (Wildman–Crippen MR) is 121 cm³/mol. The minimum absolute atomic E-state index is 0.104. The van der Waals surface area contributed by atoms with Crippen molar-refractivity contribution in [1.82, 2.24) is 16.0 Å². The van der Waals surface area contributed by atoms with E-state index >= 15 is 0 Å². The van der Waals surface area contributed by atoms with Gasteiger partial charge in [0.2, 0.25) is 17.7 Å². The van der Waals surface area contributed by atoms with E-state index in [9.17, 15) is 19.2 Å². The number of rotatable bonds is 12. The van der Waals surface area contributed by atoms with Crippen LogP contribution in [0.15, 0.2) is 30.3 Å². The highest BCUT2D eigenvalue weighted by Gasteiger charge is 2.28. The van der Waals surface area contributed by atoms with Crippen LogP contribution in [0.2, 0.25) is 0 Å². The fraction of sp³-hybridized carbons (Fsp3) is 0.524. The van der Waals surface area contributed by atoms with E-state index < -0.39 is 47.9 Å². The lowest BCUT2D eigenvalue weighted by Gasteiger charge is -2.23. The van der Waals surface area contributed by atoms with Crippen LogP contribution in [0.3, 0.4) is 0 Å². The molecule has 0 spiro atoms. The maximum absolute atomic E-state index is 12.7. The summed E-state index contributed by atoms with van der Waals surface area (Å²) in [4.78, 5) is 48.8. The summed E-state index contributed by atoms with van der Waals surface area (Å²) >= 11 is 3.94. The summed E-state index contributed by atoms with van der Waals surface area (Å²) in [5, 5.41) is 16.7. The third kappa shape index (κ3) is 9.39. The number of amides is 3. The molecule has 6 N–H and O–H groups in total. The molecular weight excluding hydrogens is 420 g/mol. The van der Waals surface area contributed by atoms with E-state index in [4.69, 9.17) is 10.8 Å². The van der Waals surface area contributed by atoms with Crippen LogP contribution in [0.4, 0.5) is 0 Å². The number of hydrogen-bond donors (Lipinski definition) is 6. The quantitative estimate of drug-likeness (QED) is 0.247. The van der Waals surface area contributed by atoms with Crippen LogP contribution >= 0.6 is 12.6 Å². The van der Waals surface area contributed by atoms with Crippen LogP contribution < -0.4 is 21.7 Å². The zero-order valence-electron chi connectivity index (χ0n) is 18.0. The monoisotopic (exact) mass is 452 g/mol. The molecule has 0 saturated carbocycles. The Bertz CT molecular complexity index is 759. The van der Waals surface area contributed by atoms with E-state index in [0.717, 1.165) is 5.56 Å². The SMILES string of the molecule is CC(C)CC(N)C(=O)NC(C)C(=O)NC(Cc1ccccc1)C(=O)NC(CS)C(=O)O. The number of nitrogens with two attached hydrogens (primary N) is 1. The van der Waals surface area contributed by atoms with Gasteiger partial charge in [-0.05, 0) is 24.8 Å². The molecule has 31 heavy (non-hydrogen) atoms. The van der Waals surface area contributed by atoms with E-state index in [1.807, 2.05) is 19.9 Å². The third-order valence-corrected chi connectivity index (χ3v) is 4.89. The van der Waals surface area contributed by atoms with Gasteiger partial charge < -0.3 is 26.8 Å². The Morgan fingerprint density at radius 1 is 0.935 bits per heavy atom. The molecular formula is C21H32N4O5S. The minimum Gasteiger partial charge on any atom is -0.480 e. The molecule has 10 heteroatoms. The van der Waals surface area contributed by atoms with Crippen molar-refractivity contribution in [3.63, 3.8) is 0 Å². The van der Waals surface area contributed by atoms with Crippen LogP contribution in [-0.2, 0) is 25.6 Å². The molecule has 4 atom stereocenters. The highest BCUT2D eigenvalue weighted by Crippen LogP contribution is 2.06. The molecule has 3 amide bonds. The second kappa shape index (κ2) is 13.0. The molecule has 9 nitrogen and oxygen atoms in total. The number of carbonyl (C=O) groups is 4. The van der Waals surface area contributed by atoms with Gasteiger partial charge in [-0.3, -0.25) is 14.4 Å². The van der Waals surface area contributed by atoms with Gasteiger partial charge in [-0.1, -0.05) is 44.2 Å². The van der Waals surface area contributed by atoms with Crippen molar-refractivity contribution in [3.05, 3.63) is 35.9 Å². The zero-order valence-corrected chi connectivity index (χ0v) is 18.9. The molecule has 172 valence electrons. The Kier molecular flexibility index (Phi) is 11.1. The van der Waals surface area contributed by atoms with Crippen molar-refractivity contribution in [2.45, 2.75) is 57.8 Å². The Hall–Kier alpha value is -2.59. The summed E-state index contributed by atoms with van der Waals surface area (Å²) in [5.41, 5.74) is 6.62. The second-order valence-corrected chi connectivity index (χ2v) is 8.16. The zero-order chi connectivity index (χ0) is 23.6. The summed E-state index contributed by atoms with van der Waals surface area (Å²) in [7, 11) is 0. The van der Waals surface area contributed by atoms with E-state index in [0.29, 0.717) is 6.42 Å². The summed E-state index contributed by atoms with van der Waals surface area (Å²) in [6, 6.07) is 5.06. The van der Waals surface area contributed by atoms with Crippen molar-refractivity contribution in [2.75, 3.05) is 5.75 Å². The average Bonchev–Trinajstić information content (AvgIpc) is 2.71.